The van der Waals surface area contributed by atoms with Crippen molar-refractivity contribution >= 4 is 34.7 Å². The molecule has 0 unspecified atom stereocenters. The van der Waals surface area contributed by atoms with E-state index in [1.807, 2.05) is 0 Å². The van der Waals surface area contributed by atoms with Gasteiger partial charge in [-0.1, -0.05) is 23.2 Å². The van der Waals surface area contributed by atoms with E-state index in [1.54, 1.807) is 18.2 Å². The minimum atomic E-state index is 0.460. The molecule has 0 aromatic heterocycles. The van der Waals surface area contributed by atoms with Crippen LogP contribution in [0.25, 0.3) is 0 Å². The normalized spacial score (nSPS) is 17.1. The molecule has 2 nitrogen and oxygen atoms in total. The number of hydrogen-bond donors (Lipinski definition) is 1. The summed E-state index contributed by atoms with van der Waals surface area (Å²) < 4.78 is 0. The molecular weight excluding hydrogens is 219 g/mol. The molecule has 1 aliphatic rings. The molecular formula is C10H10Cl2N2. The maximum atomic E-state index is 5.95. The van der Waals surface area contributed by atoms with Crippen LogP contribution in [0.2, 0.25) is 10.0 Å². The van der Waals surface area contributed by atoms with E-state index in [0.717, 1.165) is 12.8 Å². The number of benzene rings is 1. The van der Waals surface area contributed by atoms with Crippen LogP contribution >= 0.6 is 23.2 Å². The number of amidine groups is 1. The van der Waals surface area contributed by atoms with Crippen LogP contribution in [0.4, 0.5) is 5.69 Å². The van der Waals surface area contributed by atoms with Crippen molar-refractivity contribution in [3.63, 3.8) is 0 Å². The Kier molecular flexibility index (Phi) is 2.66. The van der Waals surface area contributed by atoms with E-state index in [-0.39, 0.29) is 0 Å². The van der Waals surface area contributed by atoms with Gasteiger partial charge >= 0.3 is 0 Å². The third-order valence-electron chi connectivity index (χ3n) is 2.15. The molecule has 1 aromatic rings. The molecule has 4 heteroatoms. The van der Waals surface area contributed by atoms with E-state index in [2.05, 4.69) is 4.99 Å². The van der Waals surface area contributed by atoms with Gasteiger partial charge in [-0.05, 0) is 31.0 Å². The van der Waals surface area contributed by atoms with Crippen LogP contribution in [0.15, 0.2) is 23.2 Å². The lowest BCUT2D eigenvalue weighted by Gasteiger charge is -2.00. The Morgan fingerprint density at radius 3 is 2.64 bits per heavy atom. The molecule has 1 aromatic carbocycles. The van der Waals surface area contributed by atoms with E-state index >= 15 is 0 Å². The van der Waals surface area contributed by atoms with Gasteiger partial charge in [-0.15, -0.1) is 0 Å². The first kappa shape index (κ1) is 9.81. The van der Waals surface area contributed by atoms with E-state index in [0.29, 0.717) is 27.5 Å². The Labute approximate surface area is 92.7 Å². The number of aliphatic imine (C=N–C) groups is 1. The fourth-order valence-electron chi connectivity index (χ4n) is 1.18. The number of rotatable bonds is 2. The molecule has 0 atom stereocenters. The van der Waals surface area contributed by atoms with E-state index in [9.17, 15) is 0 Å². The van der Waals surface area contributed by atoms with Crippen molar-refractivity contribution in [1.82, 2.24) is 0 Å². The second kappa shape index (κ2) is 3.79. The highest BCUT2D eigenvalue weighted by atomic mass is 35.5. The largest absolute Gasteiger partial charge is 0.387 e. The molecule has 1 fully saturated rings. The number of nitrogens with two attached hydrogens (primary N) is 1. The van der Waals surface area contributed by atoms with Crippen LogP contribution in [0.1, 0.15) is 12.8 Å². The SMILES string of the molecule is NC(=Nc1ccc(Cl)cc1Cl)C1CC1. The number of nitrogens with zero attached hydrogens (tertiary/aromatic N) is 1. The van der Waals surface area contributed by atoms with Gasteiger partial charge in [0.25, 0.3) is 0 Å². The van der Waals surface area contributed by atoms with Crippen molar-refractivity contribution in [3.05, 3.63) is 28.2 Å². The van der Waals surface area contributed by atoms with Crippen LogP contribution in [0, 0.1) is 5.92 Å². The Hall–Kier alpha value is -0.730. The molecule has 1 aliphatic carbocycles. The molecule has 1 saturated carbocycles. The van der Waals surface area contributed by atoms with Crippen LogP contribution in [0.3, 0.4) is 0 Å². The average Bonchev–Trinajstić information content (AvgIpc) is 2.92. The molecule has 2 rings (SSSR count). The zero-order chi connectivity index (χ0) is 10.1. The van der Waals surface area contributed by atoms with Gasteiger partial charge in [0.2, 0.25) is 0 Å². The lowest BCUT2D eigenvalue weighted by Crippen LogP contribution is -2.13. The molecule has 0 heterocycles. The van der Waals surface area contributed by atoms with E-state index < -0.39 is 0 Å². The molecule has 0 bridgehead atoms. The van der Waals surface area contributed by atoms with Gasteiger partial charge in [-0.25, -0.2) is 4.99 Å². The van der Waals surface area contributed by atoms with Gasteiger partial charge in [0.1, 0.15) is 5.84 Å². The summed E-state index contributed by atoms with van der Waals surface area (Å²) in [7, 11) is 0. The van der Waals surface area contributed by atoms with Crippen molar-refractivity contribution < 1.29 is 0 Å². The summed E-state index contributed by atoms with van der Waals surface area (Å²) in [5.74, 6) is 1.14. The smallest absolute Gasteiger partial charge is 0.103 e. The summed E-state index contributed by atoms with van der Waals surface area (Å²) in [6.45, 7) is 0. The predicted molar refractivity (Wildman–Crippen MR) is 60.5 cm³/mol. The highest BCUT2D eigenvalue weighted by molar-refractivity contribution is 6.36. The van der Waals surface area contributed by atoms with Crippen LogP contribution in [-0.4, -0.2) is 5.84 Å². The lowest BCUT2D eigenvalue weighted by atomic mass is 10.3. The quantitative estimate of drug-likeness (QED) is 0.612. The summed E-state index contributed by atoms with van der Waals surface area (Å²) in [6.07, 6.45) is 2.28. The summed E-state index contributed by atoms with van der Waals surface area (Å²) in [5.41, 5.74) is 6.47. The van der Waals surface area contributed by atoms with Crippen LogP contribution in [0.5, 0.6) is 0 Å². The molecule has 14 heavy (non-hydrogen) atoms. The van der Waals surface area contributed by atoms with Crippen LogP contribution in [-0.2, 0) is 0 Å². The van der Waals surface area contributed by atoms with E-state index in [4.69, 9.17) is 28.9 Å². The van der Waals surface area contributed by atoms with Gasteiger partial charge in [-0.2, -0.15) is 0 Å². The minimum Gasteiger partial charge on any atom is -0.387 e. The highest BCUT2D eigenvalue weighted by Gasteiger charge is 2.25. The number of hydrogen-bond acceptors (Lipinski definition) is 1. The first-order valence-corrected chi connectivity index (χ1v) is 5.21. The molecule has 0 amide bonds. The fraction of sp³-hybridized carbons (Fsp3) is 0.300. The summed E-state index contributed by atoms with van der Waals surface area (Å²) in [6, 6.07) is 5.20. The third kappa shape index (κ3) is 2.20. The zero-order valence-electron chi connectivity index (χ0n) is 7.50. The maximum absolute atomic E-state index is 5.95. The Balaban J connectivity index is 2.27. The minimum absolute atomic E-state index is 0.460. The molecule has 0 spiro atoms. The van der Waals surface area contributed by atoms with E-state index in [1.165, 1.54) is 0 Å². The van der Waals surface area contributed by atoms with Crippen molar-refractivity contribution in [2.24, 2.45) is 16.6 Å². The zero-order valence-corrected chi connectivity index (χ0v) is 9.02. The van der Waals surface area contributed by atoms with Crippen molar-refractivity contribution in [2.45, 2.75) is 12.8 Å². The first-order chi connectivity index (χ1) is 6.66. The Bertz CT molecular complexity index is 384. The Morgan fingerprint density at radius 2 is 2.07 bits per heavy atom. The standard InChI is InChI=1S/C10H10Cl2N2/c11-7-3-4-9(8(12)5-7)14-10(13)6-1-2-6/h3-6H,1-2H2,(H2,13,14). The summed E-state index contributed by atoms with van der Waals surface area (Å²) in [5, 5.41) is 1.15. The van der Waals surface area contributed by atoms with Crippen molar-refractivity contribution in [3.8, 4) is 0 Å². The van der Waals surface area contributed by atoms with Gasteiger partial charge in [-0.3, -0.25) is 0 Å². The lowest BCUT2D eigenvalue weighted by molar-refractivity contribution is 1.15. The predicted octanol–water partition coefficient (Wildman–Crippen LogP) is 3.39. The average molecular weight is 229 g/mol. The number of halogens is 2. The summed E-state index contributed by atoms with van der Waals surface area (Å²) >= 11 is 11.7. The second-order valence-corrected chi connectivity index (χ2v) is 4.25. The maximum Gasteiger partial charge on any atom is 0.103 e. The molecule has 0 radical (unpaired) electrons. The Morgan fingerprint density at radius 1 is 1.36 bits per heavy atom. The van der Waals surface area contributed by atoms with Gasteiger partial charge < -0.3 is 5.73 Å². The molecule has 0 aliphatic heterocycles. The van der Waals surface area contributed by atoms with Gasteiger partial charge in [0.15, 0.2) is 0 Å². The van der Waals surface area contributed by atoms with Gasteiger partial charge in [0, 0.05) is 10.9 Å². The fourth-order valence-corrected chi connectivity index (χ4v) is 1.63. The highest BCUT2D eigenvalue weighted by Crippen LogP contribution is 2.32. The van der Waals surface area contributed by atoms with Gasteiger partial charge in [0.05, 0.1) is 10.7 Å². The monoisotopic (exact) mass is 228 g/mol. The second-order valence-electron chi connectivity index (χ2n) is 3.41. The van der Waals surface area contributed by atoms with Crippen molar-refractivity contribution in [2.75, 3.05) is 0 Å². The van der Waals surface area contributed by atoms with Crippen molar-refractivity contribution in [1.29, 1.82) is 0 Å². The first-order valence-electron chi connectivity index (χ1n) is 4.46. The third-order valence-corrected chi connectivity index (χ3v) is 2.69. The van der Waals surface area contributed by atoms with Crippen LogP contribution < -0.4 is 5.73 Å². The molecule has 74 valence electrons. The topological polar surface area (TPSA) is 38.4 Å². The molecule has 0 saturated heterocycles. The summed E-state index contributed by atoms with van der Waals surface area (Å²) in [4.78, 5) is 4.27. The molecule has 2 N–H and O–H groups in total.